The number of methoxy groups -OCH3 is 1. The van der Waals surface area contributed by atoms with Gasteiger partial charge in [-0.25, -0.2) is 4.79 Å². The average Bonchev–Trinajstić information content (AvgIpc) is 3.17. The van der Waals surface area contributed by atoms with Crippen molar-refractivity contribution in [2.75, 3.05) is 14.2 Å². The molecule has 7 atom stereocenters. The van der Waals surface area contributed by atoms with Gasteiger partial charge in [0.25, 0.3) is 0 Å². The van der Waals surface area contributed by atoms with Crippen molar-refractivity contribution < 1.29 is 19.1 Å². The highest BCUT2D eigenvalue weighted by atomic mass is 16.6. The van der Waals surface area contributed by atoms with Crippen LogP contribution in [0.5, 0.6) is 5.75 Å². The summed E-state index contributed by atoms with van der Waals surface area (Å²) in [6.45, 7) is 8.82. The number of fused-ring (bicyclic) bond motifs is 5. The molecular formula is C30H44N2O4. The first-order valence-electron chi connectivity index (χ1n) is 13.9. The normalized spacial score (nSPS) is 38.0. The van der Waals surface area contributed by atoms with Crippen LogP contribution >= 0.6 is 0 Å². The first-order chi connectivity index (χ1) is 17.0. The van der Waals surface area contributed by atoms with E-state index < -0.39 is 5.54 Å². The Bertz CT molecular complexity index is 1020. The van der Waals surface area contributed by atoms with Crippen LogP contribution in [0.25, 0.3) is 0 Å². The maximum Gasteiger partial charge on any atom is 0.408 e. The summed E-state index contributed by atoms with van der Waals surface area (Å²) >= 11 is 0. The molecule has 0 bridgehead atoms. The largest absolute Gasteiger partial charge is 0.497 e. The number of hydrogen-bond acceptors (Lipinski definition) is 4. The van der Waals surface area contributed by atoms with E-state index in [0.29, 0.717) is 36.1 Å². The van der Waals surface area contributed by atoms with Gasteiger partial charge in [-0.2, -0.15) is 0 Å². The third-order valence-corrected chi connectivity index (χ3v) is 10.9. The van der Waals surface area contributed by atoms with E-state index in [1.807, 2.05) is 45.2 Å². The van der Waals surface area contributed by atoms with Gasteiger partial charge in [0.05, 0.1) is 12.6 Å². The lowest BCUT2D eigenvalue weighted by Gasteiger charge is -2.61. The minimum Gasteiger partial charge on any atom is -0.497 e. The van der Waals surface area contributed by atoms with Crippen molar-refractivity contribution in [3.63, 3.8) is 0 Å². The van der Waals surface area contributed by atoms with Gasteiger partial charge in [0.1, 0.15) is 11.9 Å². The van der Waals surface area contributed by atoms with Crippen molar-refractivity contribution in [3.8, 4) is 5.75 Å². The van der Waals surface area contributed by atoms with Crippen LogP contribution in [-0.4, -0.2) is 43.2 Å². The van der Waals surface area contributed by atoms with Gasteiger partial charge in [0.15, 0.2) is 0 Å². The number of piperidine rings is 1. The maximum atomic E-state index is 13.1. The van der Waals surface area contributed by atoms with Gasteiger partial charge in [-0.1, -0.05) is 26.0 Å². The fourth-order valence-corrected chi connectivity index (χ4v) is 8.79. The molecule has 3 saturated carbocycles. The van der Waals surface area contributed by atoms with Gasteiger partial charge in [-0.15, -0.1) is 0 Å². The third-order valence-electron chi connectivity index (χ3n) is 10.9. The second-order valence-corrected chi connectivity index (χ2v) is 13.0. The molecule has 198 valence electrons. The molecule has 3 aliphatic carbocycles. The summed E-state index contributed by atoms with van der Waals surface area (Å²) in [6.07, 6.45) is 7.94. The number of rotatable bonds is 4. The van der Waals surface area contributed by atoms with E-state index in [1.54, 1.807) is 7.11 Å². The van der Waals surface area contributed by atoms with Crippen LogP contribution in [-0.2, 0) is 15.1 Å². The molecule has 1 aromatic carbocycles. The van der Waals surface area contributed by atoms with Crippen LogP contribution in [0.2, 0.25) is 0 Å². The fourth-order valence-electron chi connectivity index (χ4n) is 8.79. The molecule has 1 aliphatic heterocycles. The Morgan fingerprint density at radius 3 is 2.56 bits per heavy atom. The van der Waals surface area contributed by atoms with Crippen molar-refractivity contribution in [2.45, 2.75) is 96.7 Å². The standard InChI is InChI=1S/C30H44N2O4/c1-28(2,19-8-7-9-20(18-19)35-6)31-27(34)36-25-13-11-22-21-10-12-24-29(3,17-15-26(33)32(24)5)23(21)14-16-30(22,25)4/h7-9,18,21-25H,10-17H2,1-6H3,(H,31,34)/t21-,22-,23-,24+,25-,29+,30-/m0/s1. The molecule has 6 heteroatoms. The molecule has 4 aliphatic rings. The monoisotopic (exact) mass is 496 g/mol. The molecule has 5 rings (SSSR count). The highest BCUT2D eigenvalue weighted by molar-refractivity contribution is 5.77. The summed E-state index contributed by atoms with van der Waals surface area (Å²) in [5.41, 5.74) is 0.651. The number of hydrogen-bond donors (Lipinski definition) is 1. The summed E-state index contributed by atoms with van der Waals surface area (Å²) in [7, 11) is 3.67. The van der Waals surface area contributed by atoms with Gasteiger partial charge in [0.2, 0.25) is 5.91 Å². The zero-order valence-electron chi connectivity index (χ0n) is 22.9. The Labute approximate surface area is 216 Å². The van der Waals surface area contributed by atoms with Crippen molar-refractivity contribution in [1.82, 2.24) is 10.2 Å². The molecule has 0 radical (unpaired) electrons. The first kappa shape index (κ1) is 25.4. The number of alkyl carbamates (subject to hydrolysis) is 1. The zero-order valence-corrected chi connectivity index (χ0v) is 22.9. The van der Waals surface area contributed by atoms with Crippen LogP contribution in [0.4, 0.5) is 4.79 Å². The second-order valence-electron chi connectivity index (χ2n) is 13.0. The summed E-state index contributed by atoms with van der Waals surface area (Å²) in [5.74, 6) is 2.99. The summed E-state index contributed by atoms with van der Waals surface area (Å²) in [5, 5.41) is 3.12. The van der Waals surface area contributed by atoms with E-state index >= 15 is 0 Å². The van der Waals surface area contributed by atoms with Crippen LogP contribution in [0.15, 0.2) is 24.3 Å². The molecule has 0 aromatic heterocycles. The number of nitrogens with zero attached hydrogens (tertiary/aromatic N) is 1. The smallest absolute Gasteiger partial charge is 0.408 e. The third kappa shape index (κ3) is 3.99. The molecule has 1 aromatic rings. The minimum atomic E-state index is -0.570. The lowest BCUT2D eigenvalue weighted by atomic mass is 9.47. The van der Waals surface area contributed by atoms with E-state index in [-0.39, 0.29) is 23.0 Å². The van der Waals surface area contributed by atoms with Crippen LogP contribution in [0.1, 0.15) is 84.6 Å². The van der Waals surface area contributed by atoms with Crippen molar-refractivity contribution in [1.29, 1.82) is 0 Å². The van der Waals surface area contributed by atoms with E-state index in [9.17, 15) is 9.59 Å². The number of ether oxygens (including phenoxy) is 2. The van der Waals surface area contributed by atoms with Gasteiger partial charge in [0, 0.05) is 24.9 Å². The van der Waals surface area contributed by atoms with Crippen molar-refractivity contribution in [2.24, 2.45) is 28.6 Å². The summed E-state index contributed by atoms with van der Waals surface area (Å²) < 4.78 is 11.6. The SMILES string of the molecule is COc1cccc(C(C)(C)NC(=O)O[C@H]2CC[C@H]3[C@@H]4CC[C@H]5N(C)C(=O)CC[C@]5(C)[C@H]4CC[C@]23C)c1. The Morgan fingerprint density at radius 2 is 1.81 bits per heavy atom. The van der Waals surface area contributed by atoms with Crippen molar-refractivity contribution >= 4 is 12.0 Å². The van der Waals surface area contributed by atoms with Gasteiger partial charge in [-0.05, 0) is 99.7 Å². The van der Waals surface area contributed by atoms with Crippen molar-refractivity contribution in [3.05, 3.63) is 29.8 Å². The quantitative estimate of drug-likeness (QED) is 0.564. The number of likely N-dealkylation sites (tertiary alicyclic amines) is 1. The fraction of sp³-hybridized carbons (Fsp3) is 0.733. The molecule has 4 fully saturated rings. The molecule has 36 heavy (non-hydrogen) atoms. The molecule has 1 N–H and O–H groups in total. The molecule has 0 unspecified atom stereocenters. The molecular weight excluding hydrogens is 452 g/mol. The van der Waals surface area contributed by atoms with E-state index in [1.165, 1.54) is 12.8 Å². The average molecular weight is 497 g/mol. The highest BCUT2D eigenvalue weighted by Crippen LogP contribution is 2.65. The Morgan fingerprint density at radius 1 is 1.06 bits per heavy atom. The molecule has 6 nitrogen and oxygen atoms in total. The number of nitrogens with one attached hydrogen (secondary N) is 1. The van der Waals surface area contributed by atoms with Crippen LogP contribution in [0.3, 0.4) is 0 Å². The first-order valence-corrected chi connectivity index (χ1v) is 13.9. The van der Waals surface area contributed by atoms with E-state index in [4.69, 9.17) is 9.47 Å². The van der Waals surface area contributed by atoms with Gasteiger partial charge in [-0.3, -0.25) is 4.79 Å². The zero-order chi connectivity index (χ0) is 25.9. The number of amides is 2. The second kappa shape index (κ2) is 8.95. The summed E-state index contributed by atoms with van der Waals surface area (Å²) in [4.78, 5) is 27.6. The minimum absolute atomic E-state index is 0.0260. The van der Waals surface area contributed by atoms with E-state index in [2.05, 4.69) is 24.1 Å². The Balaban J connectivity index is 1.27. The predicted molar refractivity (Wildman–Crippen MR) is 140 cm³/mol. The van der Waals surface area contributed by atoms with E-state index in [0.717, 1.165) is 43.4 Å². The maximum absolute atomic E-state index is 13.1. The molecule has 0 spiro atoms. The number of benzene rings is 1. The lowest BCUT2D eigenvalue weighted by molar-refractivity contribution is -0.159. The number of carbonyl (C=O) groups excluding carboxylic acids is 2. The topological polar surface area (TPSA) is 67.9 Å². The Hall–Kier alpha value is -2.24. The highest BCUT2D eigenvalue weighted by Gasteiger charge is 2.62. The van der Waals surface area contributed by atoms with Gasteiger partial charge < -0.3 is 19.7 Å². The molecule has 2 amide bonds. The lowest BCUT2D eigenvalue weighted by Crippen LogP contribution is -2.61. The van der Waals surface area contributed by atoms with Gasteiger partial charge >= 0.3 is 6.09 Å². The van der Waals surface area contributed by atoms with Crippen LogP contribution in [0, 0.1) is 28.6 Å². The summed E-state index contributed by atoms with van der Waals surface area (Å²) in [6, 6.07) is 8.19. The number of carbonyl (C=O) groups is 2. The Kier molecular flexibility index (Phi) is 6.32. The predicted octanol–water partition coefficient (Wildman–Crippen LogP) is 5.89. The molecule has 1 heterocycles. The van der Waals surface area contributed by atoms with Crippen LogP contribution < -0.4 is 10.1 Å². The molecule has 1 saturated heterocycles.